The summed E-state index contributed by atoms with van der Waals surface area (Å²) < 4.78 is 5.92. The van der Waals surface area contributed by atoms with E-state index in [1.54, 1.807) is 0 Å². The second kappa shape index (κ2) is 8.35. The van der Waals surface area contributed by atoms with E-state index in [0.717, 1.165) is 32.2 Å². The summed E-state index contributed by atoms with van der Waals surface area (Å²) in [6.07, 6.45) is 8.95. The zero-order valence-corrected chi connectivity index (χ0v) is 13.7. The Balaban J connectivity index is 1.70. The van der Waals surface area contributed by atoms with Crippen LogP contribution in [-0.2, 0) is 4.74 Å². The van der Waals surface area contributed by atoms with Crippen LogP contribution in [0.3, 0.4) is 0 Å². The molecule has 1 aliphatic heterocycles. The molecule has 1 saturated heterocycles. The fourth-order valence-electron chi connectivity index (χ4n) is 3.63. The van der Waals surface area contributed by atoms with E-state index < -0.39 is 0 Å². The molecule has 0 radical (unpaired) electrons. The predicted octanol–water partition coefficient (Wildman–Crippen LogP) is 3.04. The molecule has 0 aromatic carbocycles. The average Bonchev–Trinajstić information content (AvgIpc) is 2.74. The molecule has 2 aliphatic rings. The molecule has 1 saturated carbocycles. The summed E-state index contributed by atoms with van der Waals surface area (Å²) in [6.45, 7) is 11.0. The number of rotatable bonds is 5. The van der Waals surface area contributed by atoms with Gasteiger partial charge in [-0.05, 0) is 39.5 Å². The molecule has 1 N–H and O–H groups in total. The Hall–Kier alpha value is -0.120. The lowest BCUT2D eigenvalue weighted by Gasteiger charge is -2.36. The van der Waals surface area contributed by atoms with Gasteiger partial charge in [-0.25, -0.2) is 0 Å². The van der Waals surface area contributed by atoms with E-state index in [-0.39, 0.29) is 0 Å². The fourth-order valence-corrected chi connectivity index (χ4v) is 3.63. The topological polar surface area (TPSA) is 24.5 Å². The Bertz CT molecular complexity index is 260. The van der Waals surface area contributed by atoms with Crippen LogP contribution < -0.4 is 5.32 Å². The van der Waals surface area contributed by atoms with Crippen molar-refractivity contribution >= 4 is 0 Å². The van der Waals surface area contributed by atoms with E-state index in [0.29, 0.717) is 18.2 Å². The van der Waals surface area contributed by atoms with E-state index in [9.17, 15) is 0 Å². The third kappa shape index (κ3) is 5.01. The zero-order chi connectivity index (χ0) is 14.4. The van der Waals surface area contributed by atoms with Crippen LogP contribution in [-0.4, -0.2) is 49.3 Å². The van der Waals surface area contributed by atoms with Crippen molar-refractivity contribution in [1.29, 1.82) is 0 Å². The van der Waals surface area contributed by atoms with Crippen LogP contribution in [0.4, 0.5) is 0 Å². The molecule has 0 bridgehead atoms. The van der Waals surface area contributed by atoms with Gasteiger partial charge in [0.05, 0.1) is 12.7 Å². The van der Waals surface area contributed by atoms with Crippen LogP contribution in [0.1, 0.15) is 59.3 Å². The number of nitrogens with one attached hydrogen (secondary N) is 1. The van der Waals surface area contributed by atoms with Gasteiger partial charge in [-0.3, -0.25) is 4.90 Å². The molecule has 2 fully saturated rings. The van der Waals surface area contributed by atoms with Crippen LogP contribution in [0.15, 0.2) is 0 Å². The maximum absolute atomic E-state index is 5.92. The second-order valence-corrected chi connectivity index (χ2v) is 7.03. The van der Waals surface area contributed by atoms with Crippen LogP contribution >= 0.6 is 0 Å². The van der Waals surface area contributed by atoms with E-state index in [1.807, 2.05) is 0 Å². The number of hydrogen-bond acceptors (Lipinski definition) is 3. The van der Waals surface area contributed by atoms with E-state index >= 15 is 0 Å². The van der Waals surface area contributed by atoms with Crippen LogP contribution in [0.2, 0.25) is 0 Å². The number of hydrogen-bond donors (Lipinski definition) is 1. The quantitative estimate of drug-likeness (QED) is 0.784. The molecule has 3 heteroatoms. The summed E-state index contributed by atoms with van der Waals surface area (Å²) in [5.74, 6) is 0.877. The monoisotopic (exact) mass is 282 g/mol. The molecular weight excluding hydrogens is 248 g/mol. The normalized spacial score (nSPS) is 28.5. The van der Waals surface area contributed by atoms with Crippen LogP contribution in [0.5, 0.6) is 0 Å². The summed E-state index contributed by atoms with van der Waals surface area (Å²) in [5, 5.41) is 3.76. The highest BCUT2D eigenvalue weighted by Gasteiger charge is 2.24. The summed E-state index contributed by atoms with van der Waals surface area (Å²) in [6, 6.07) is 1.28. The first kappa shape index (κ1) is 16.3. The minimum Gasteiger partial charge on any atom is -0.374 e. The number of ether oxygens (including phenoxy) is 1. The molecule has 3 nitrogen and oxygen atoms in total. The SMILES string of the molecule is CC(C)N1CCOC(CN[C@@H](C)C2CCCCCC2)C1. The van der Waals surface area contributed by atoms with Crippen molar-refractivity contribution in [2.75, 3.05) is 26.2 Å². The third-order valence-electron chi connectivity index (χ3n) is 5.17. The van der Waals surface area contributed by atoms with Crippen LogP contribution in [0, 0.1) is 5.92 Å². The summed E-state index contributed by atoms with van der Waals surface area (Å²) in [5.41, 5.74) is 0. The molecule has 1 heterocycles. The first-order chi connectivity index (χ1) is 9.66. The van der Waals surface area contributed by atoms with Crippen molar-refractivity contribution in [3.05, 3.63) is 0 Å². The van der Waals surface area contributed by atoms with Gasteiger partial charge in [0.25, 0.3) is 0 Å². The highest BCUT2D eigenvalue weighted by molar-refractivity contribution is 4.80. The van der Waals surface area contributed by atoms with E-state index in [4.69, 9.17) is 4.74 Å². The highest BCUT2D eigenvalue weighted by atomic mass is 16.5. The van der Waals surface area contributed by atoms with Gasteiger partial charge in [-0.2, -0.15) is 0 Å². The molecule has 118 valence electrons. The summed E-state index contributed by atoms with van der Waals surface area (Å²) >= 11 is 0. The molecule has 1 unspecified atom stereocenters. The molecule has 0 spiro atoms. The molecule has 0 aromatic heterocycles. The predicted molar refractivity (Wildman–Crippen MR) is 85.1 cm³/mol. The van der Waals surface area contributed by atoms with E-state index in [1.165, 1.54) is 38.5 Å². The fraction of sp³-hybridized carbons (Fsp3) is 1.00. The van der Waals surface area contributed by atoms with Gasteiger partial charge in [-0.1, -0.05) is 25.7 Å². The Kier molecular flexibility index (Phi) is 6.79. The summed E-state index contributed by atoms with van der Waals surface area (Å²) in [4.78, 5) is 2.53. The Labute approximate surface area is 125 Å². The van der Waals surface area contributed by atoms with Gasteiger partial charge in [0.15, 0.2) is 0 Å². The third-order valence-corrected chi connectivity index (χ3v) is 5.17. The van der Waals surface area contributed by atoms with Crippen LogP contribution in [0.25, 0.3) is 0 Å². The lowest BCUT2D eigenvalue weighted by Crippen LogP contribution is -2.50. The second-order valence-electron chi connectivity index (χ2n) is 7.03. The van der Waals surface area contributed by atoms with Crippen molar-refractivity contribution in [3.63, 3.8) is 0 Å². The molecular formula is C17H34N2O. The summed E-state index contributed by atoms with van der Waals surface area (Å²) in [7, 11) is 0. The maximum atomic E-state index is 5.92. The molecule has 0 aromatic rings. The van der Waals surface area contributed by atoms with E-state index in [2.05, 4.69) is 31.0 Å². The Morgan fingerprint density at radius 1 is 1.10 bits per heavy atom. The lowest BCUT2D eigenvalue weighted by atomic mass is 9.93. The van der Waals surface area contributed by atoms with Crippen molar-refractivity contribution in [2.24, 2.45) is 5.92 Å². The van der Waals surface area contributed by atoms with Crippen molar-refractivity contribution < 1.29 is 4.74 Å². The van der Waals surface area contributed by atoms with Crippen molar-refractivity contribution in [2.45, 2.75) is 77.5 Å². The van der Waals surface area contributed by atoms with Gasteiger partial charge in [-0.15, -0.1) is 0 Å². The van der Waals surface area contributed by atoms with Crippen molar-refractivity contribution in [3.8, 4) is 0 Å². The maximum Gasteiger partial charge on any atom is 0.0826 e. The zero-order valence-electron chi connectivity index (χ0n) is 13.7. The molecule has 0 amide bonds. The van der Waals surface area contributed by atoms with Gasteiger partial charge in [0.1, 0.15) is 0 Å². The van der Waals surface area contributed by atoms with Crippen molar-refractivity contribution in [1.82, 2.24) is 10.2 Å². The Morgan fingerprint density at radius 3 is 2.45 bits per heavy atom. The van der Waals surface area contributed by atoms with Gasteiger partial charge in [0, 0.05) is 31.7 Å². The number of morpholine rings is 1. The Morgan fingerprint density at radius 2 is 1.80 bits per heavy atom. The lowest BCUT2D eigenvalue weighted by molar-refractivity contribution is -0.0386. The number of nitrogens with zero attached hydrogens (tertiary/aromatic N) is 1. The molecule has 20 heavy (non-hydrogen) atoms. The highest BCUT2D eigenvalue weighted by Crippen LogP contribution is 2.25. The molecule has 1 aliphatic carbocycles. The van der Waals surface area contributed by atoms with Gasteiger partial charge < -0.3 is 10.1 Å². The first-order valence-electron chi connectivity index (χ1n) is 8.76. The van der Waals surface area contributed by atoms with Gasteiger partial charge >= 0.3 is 0 Å². The first-order valence-corrected chi connectivity index (χ1v) is 8.76. The molecule has 2 atom stereocenters. The minimum absolute atomic E-state index is 0.374. The van der Waals surface area contributed by atoms with Gasteiger partial charge in [0.2, 0.25) is 0 Å². The molecule has 2 rings (SSSR count). The smallest absolute Gasteiger partial charge is 0.0826 e. The largest absolute Gasteiger partial charge is 0.374 e. The average molecular weight is 282 g/mol. The minimum atomic E-state index is 0.374. The standard InChI is InChI=1S/C17H34N2O/c1-14(2)19-10-11-20-17(13-19)12-18-15(3)16-8-6-4-5-7-9-16/h14-18H,4-13H2,1-3H3/t15-,17?/m0/s1.